The Balaban J connectivity index is 2.10. The van der Waals surface area contributed by atoms with Gasteiger partial charge in [0.2, 0.25) is 0 Å². The Kier molecular flexibility index (Phi) is 3.00. The first-order chi connectivity index (χ1) is 9.15. The molecular weight excluding hydrogens is 280 g/mol. The highest BCUT2D eigenvalue weighted by atomic mass is 35.5. The van der Waals surface area contributed by atoms with Crippen LogP contribution >= 0.6 is 23.3 Å². The summed E-state index contributed by atoms with van der Waals surface area (Å²) >= 11 is 7.42. The van der Waals surface area contributed by atoms with Crippen molar-refractivity contribution in [2.75, 3.05) is 11.1 Å². The molecule has 0 atom stereocenters. The molecule has 0 spiro atoms. The Hall–Kier alpha value is -1.85. The molecule has 0 unspecified atom stereocenters. The van der Waals surface area contributed by atoms with Gasteiger partial charge in [0.05, 0.1) is 22.4 Å². The van der Waals surface area contributed by atoms with Crippen molar-refractivity contribution in [2.45, 2.75) is 6.92 Å². The molecule has 1 heterocycles. The van der Waals surface area contributed by atoms with Gasteiger partial charge in [0.15, 0.2) is 0 Å². The normalized spacial score (nSPS) is 10.8. The number of rotatable bonds is 2. The van der Waals surface area contributed by atoms with Crippen LogP contribution in [0.2, 0.25) is 5.02 Å². The topological polar surface area (TPSA) is 63.8 Å². The van der Waals surface area contributed by atoms with E-state index in [0.717, 1.165) is 33.7 Å². The molecule has 4 nitrogen and oxygen atoms in total. The van der Waals surface area contributed by atoms with Crippen LogP contribution in [0.4, 0.5) is 17.1 Å². The van der Waals surface area contributed by atoms with Gasteiger partial charge in [-0.25, -0.2) is 0 Å². The molecule has 0 saturated heterocycles. The first-order valence-corrected chi connectivity index (χ1v) is 6.80. The van der Waals surface area contributed by atoms with E-state index in [1.165, 1.54) is 11.7 Å². The monoisotopic (exact) mass is 290 g/mol. The largest absolute Gasteiger partial charge is 0.399 e. The molecule has 0 bridgehead atoms. The molecule has 0 amide bonds. The number of nitrogens with two attached hydrogens (primary N) is 1. The number of fused-ring (bicyclic) bond motifs is 1. The van der Waals surface area contributed by atoms with Crippen molar-refractivity contribution in [1.29, 1.82) is 0 Å². The molecule has 0 saturated carbocycles. The molecule has 1 aromatic heterocycles. The first-order valence-electron chi connectivity index (χ1n) is 5.69. The lowest BCUT2D eigenvalue weighted by Crippen LogP contribution is -1.96. The molecule has 0 fully saturated rings. The second-order valence-electron chi connectivity index (χ2n) is 4.25. The Labute approximate surface area is 119 Å². The predicted molar refractivity (Wildman–Crippen MR) is 81.3 cm³/mol. The number of aromatic nitrogens is 2. The molecule has 3 N–H and O–H groups in total. The van der Waals surface area contributed by atoms with Crippen LogP contribution in [0.15, 0.2) is 30.3 Å². The SMILES string of the molecule is Cc1cc(N)ccc1Nc1c(Cl)ccc2nsnc12. The van der Waals surface area contributed by atoms with E-state index in [1.54, 1.807) is 0 Å². The molecule has 19 heavy (non-hydrogen) atoms. The minimum absolute atomic E-state index is 0.622. The molecule has 96 valence electrons. The van der Waals surface area contributed by atoms with Gasteiger partial charge in [-0.1, -0.05) is 11.6 Å². The van der Waals surface area contributed by atoms with Crippen molar-refractivity contribution in [3.8, 4) is 0 Å². The highest BCUT2D eigenvalue weighted by molar-refractivity contribution is 7.00. The van der Waals surface area contributed by atoms with Crippen LogP contribution in [-0.2, 0) is 0 Å². The van der Waals surface area contributed by atoms with E-state index >= 15 is 0 Å². The number of hydrogen-bond donors (Lipinski definition) is 2. The van der Waals surface area contributed by atoms with E-state index < -0.39 is 0 Å². The second-order valence-corrected chi connectivity index (χ2v) is 5.19. The number of nitrogens with one attached hydrogen (secondary N) is 1. The number of aryl methyl sites for hydroxylation is 1. The van der Waals surface area contributed by atoms with E-state index in [2.05, 4.69) is 14.1 Å². The zero-order valence-electron chi connectivity index (χ0n) is 10.1. The molecule has 3 aromatic rings. The van der Waals surface area contributed by atoms with Crippen LogP contribution in [-0.4, -0.2) is 8.75 Å². The summed E-state index contributed by atoms with van der Waals surface area (Å²) in [6.45, 7) is 1.99. The standard InChI is InChI=1S/C13H11ClN4S/c1-7-6-8(15)2-4-10(7)16-12-9(14)3-5-11-13(12)18-19-17-11/h2-6,16H,15H2,1H3. The third-order valence-corrected chi connectivity index (χ3v) is 3.74. The first kappa shape index (κ1) is 12.2. The summed E-state index contributed by atoms with van der Waals surface area (Å²) in [6, 6.07) is 9.38. The zero-order chi connectivity index (χ0) is 13.4. The maximum atomic E-state index is 6.24. The molecule has 0 aliphatic rings. The maximum absolute atomic E-state index is 6.24. The van der Waals surface area contributed by atoms with Crippen molar-refractivity contribution < 1.29 is 0 Å². The van der Waals surface area contributed by atoms with Crippen LogP contribution in [0.5, 0.6) is 0 Å². The highest BCUT2D eigenvalue weighted by Crippen LogP contribution is 2.33. The lowest BCUT2D eigenvalue weighted by molar-refractivity contribution is 1.43. The summed E-state index contributed by atoms with van der Waals surface area (Å²) in [4.78, 5) is 0. The minimum atomic E-state index is 0.622. The zero-order valence-corrected chi connectivity index (χ0v) is 11.7. The Bertz CT molecular complexity index is 753. The number of anilines is 3. The molecule has 0 aliphatic heterocycles. The molecule has 0 aliphatic carbocycles. The summed E-state index contributed by atoms with van der Waals surface area (Å²) in [7, 11) is 0. The molecule has 3 rings (SSSR count). The van der Waals surface area contributed by atoms with Crippen LogP contribution < -0.4 is 11.1 Å². The van der Waals surface area contributed by atoms with E-state index in [4.69, 9.17) is 17.3 Å². The number of nitrogens with zero attached hydrogens (tertiary/aromatic N) is 2. The summed E-state index contributed by atoms with van der Waals surface area (Å²) in [5, 5.41) is 3.94. The number of nitrogen functional groups attached to an aromatic ring is 1. The number of benzene rings is 2. The smallest absolute Gasteiger partial charge is 0.129 e. The van der Waals surface area contributed by atoms with Gasteiger partial charge in [0.25, 0.3) is 0 Å². The average Bonchev–Trinajstić information content (AvgIpc) is 2.84. The van der Waals surface area contributed by atoms with Gasteiger partial charge >= 0.3 is 0 Å². The third-order valence-electron chi connectivity index (χ3n) is 2.89. The quantitative estimate of drug-likeness (QED) is 0.701. The fraction of sp³-hybridized carbons (Fsp3) is 0.0769. The fourth-order valence-corrected chi connectivity index (χ4v) is 2.65. The van der Waals surface area contributed by atoms with Gasteiger partial charge < -0.3 is 11.1 Å². The van der Waals surface area contributed by atoms with Gasteiger partial charge in [0.1, 0.15) is 11.0 Å². The van der Waals surface area contributed by atoms with E-state index in [-0.39, 0.29) is 0 Å². The molecule has 2 aromatic carbocycles. The van der Waals surface area contributed by atoms with E-state index in [9.17, 15) is 0 Å². The van der Waals surface area contributed by atoms with Crippen LogP contribution in [0, 0.1) is 6.92 Å². The lowest BCUT2D eigenvalue weighted by atomic mass is 10.1. The number of halogens is 1. The van der Waals surface area contributed by atoms with Crippen molar-refractivity contribution in [2.24, 2.45) is 0 Å². The van der Waals surface area contributed by atoms with Gasteiger partial charge in [-0.05, 0) is 42.8 Å². The van der Waals surface area contributed by atoms with E-state index in [0.29, 0.717) is 5.02 Å². The van der Waals surface area contributed by atoms with Gasteiger partial charge in [-0.2, -0.15) is 8.75 Å². The summed E-state index contributed by atoms with van der Waals surface area (Å²) in [5.74, 6) is 0. The van der Waals surface area contributed by atoms with Gasteiger partial charge in [0, 0.05) is 11.4 Å². The van der Waals surface area contributed by atoms with Gasteiger partial charge in [-0.15, -0.1) is 0 Å². The second kappa shape index (κ2) is 4.68. The van der Waals surface area contributed by atoms with Crippen LogP contribution in [0.25, 0.3) is 11.0 Å². The van der Waals surface area contributed by atoms with E-state index in [1.807, 2.05) is 37.3 Å². The van der Waals surface area contributed by atoms with Crippen molar-refractivity contribution >= 4 is 51.4 Å². The molecule has 6 heteroatoms. The van der Waals surface area contributed by atoms with Gasteiger partial charge in [-0.3, -0.25) is 0 Å². The fourth-order valence-electron chi connectivity index (χ4n) is 1.91. The number of hydrogen-bond acceptors (Lipinski definition) is 5. The van der Waals surface area contributed by atoms with Crippen LogP contribution in [0.3, 0.4) is 0 Å². The Morgan fingerprint density at radius 2 is 2.05 bits per heavy atom. The maximum Gasteiger partial charge on any atom is 0.129 e. The lowest BCUT2D eigenvalue weighted by Gasteiger charge is -2.11. The third kappa shape index (κ3) is 2.22. The average molecular weight is 291 g/mol. The van der Waals surface area contributed by atoms with Crippen LogP contribution in [0.1, 0.15) is 5.56 Å². The molecular formula is C13H11ClN4S. The summed E-state index contributed by atoms with van der Waals surface area (Å²) in [6.07, 6.45) is 0. The minimum Gasteiger partial charge on any atom is -0.399 e. The van der Waals surface area contributed by atoms with Crippen molar-refractivity contribution in [1.82, 2.24) is 8.75 Å². The highest BCUT2D eigenvalue weighted by Gasteiger charge is 2.11. The Morgan fingerprint density at radius 1 is 1.21 bits per heavy atom. The summed E-state index contributed by atoms with van der Waals surface area (Å²) < 4.78 is 8.49. The van der Waals surface area contributed by atoms with Crippen molar-refractivity contribution in [3.05, 3.63) is 40.9 Å². The Morgan fingerprint density at radius 3 is 2.84 bits per heavy atom. The molecule has 0 radical (unpaired) electrons. The predicted octanol–water partition coefficient (Wildman–Crippen LogP) is 3.98. The van der Waals surface area contributed by atoms with Crippen molar-refractivity contribution in [3.63, 3.8) is 0 Å². The summed E-state index contributed by atoms with van der Waals surface area (Å²) in [5.41, 5.74) is 10.9.